The molecule has 34 heavy (non-hydrogen) atoms. The largest absolute Gasteiger partial charge is 0.481 e. The number of nitrogens with one attached hydrogen (secondary N) is 2. The number of carboxylic acids is 1. The molecule has 1 fully saturated rings. The van der Waals surface area contributed by atoms with Crippen LogP contribution in [0, 0.1) is 0 Å². The first kappa shape index (κ1) is 23.8. The van der Waals surface area contributed by atoms with E-state index in [0.717, 1.165) is 35.1 Å². The van der Waals surface area contributed by atoms with Gasteiger partial charge in [0.15, 0.2) is 0 Å². The van der Waals surface area contributed by atoms with Gasteiger partial charge in [-0.2, -0.15) is 0 Å². The van der Waals surface area contributed by atoms with Gasteiger partial charge in [-0.25, -0.2) is 4.79 Å². The van der Waals surface area contributed by atoms with Crippen LogP contribution in [0.15, 0.2) is 48.5 Å². The fourth-order valence-corrected chi connectivity index (χ4v) is 5.13. The molecule has 3 N–H and O–H groups in total. The molecule has 2 amide bonds. The standard InChI is InChI=1S/C27H32N2O5/c1-26(2,16-13-23(30)31)28-24(32)27(14-7-8-15-27)29-25(33)34-17-22-20-11-5-3-9-18(20)19-10-4-6-12-21(19)22/h3-6,9-12,22H,7-8,13-17H2,1-2H3,(H,28,32)(H,29,33)(H,30,31). The van der Waals surface area contributed by atoms with Crippen LogP contribution >= 0.6 is 0 Å². The molecule has 0 unspecified atom stereocenters. The van der Waals surface area contributed by atoms with Gasteiger partial charge in [-0.15, -0.1) is 0 Å². The van der Waals surface area contributed by atoms with Crippen molar-refractivity contribution >= 4 is 18.0 Å². The number of alkyl carbamates (subject to hydrolysis) is 1. The molecule has 4 rings (SSSR count). The second-order valence-corrected chi connectivity index (χ2v) is 9.97. The number of ether oxygens (including phenoxy) is 1. The van der Waals surface area contributed by atoms with Crippen molar-refractivity contribution in [1.29, 1.82) is 0 Å². The van der Waals surface area contributed by atoms with E-state index in [4.69, 9.17) is 9.84 Å². The molecule has 180 valence electrons. The minimum Gasteiger partial charge on any atom is -0.481 e. The van der Waals surface area contributed by atoms with E-state index in [1.54, 1.807) is 13.8 Å². The van der Waals surface area contributed by atoms with Crippen LogP contribution in [0.3, 0.4) is 0 Å². The highest BCUT2D eigenvalue weighted by atomic mass is 16.5. The van der Waals surface area contributed by atoms with E-state index >= 15 is 0 Å². The van der Waals surface area contributed by atoms with Gasteiger partial charge in [0.2, 0.25) is 5.91 Å². The van der Waals surface area contributed by atoms with Crippen LogP contribution in [0.2, 0.25) is 0 Å². The molecular weight excluding hydrogens is 432 g/mol. The van der Waals surface area contributed by atoms with Gasteiger partial charge in [0.1, 0.15) is 12.1 Å². The van der Waals surface area contributed by atoms with Crippen molar-refractivity contribution < 1.29 is 24.2 Å². The van der Waals surface area contributed by atoms with E-state index in [2.05, 4.69) is 34.9 Å². The van der Waals surface area contributed by atoms with Crippen LogP contribution in [-0.2, 0) is 14.3 Å². The molecule has 0 aliphatic heterocycles. The molecule has 2 aliphatic rings. The summed E-state index contributed by atoms with van der Waals surface area (Å²) in [4.78, 5) is 37.0. The Balaban J connectivity index is 1.42. The van der Waals surface area contributed by atoms with Gasteiger partial charge in [0.05, 0.1) is 0 Å². The monoisotopic (exact) mass is 464 g/mol. The fourth-order valence-electron chi connectivity index (χ4n) is 5.13. The van der Waals surface area contributed by atoms with Gasteiger partial charge >= 0.3 is 12.1 Å². The third-order valence-corrected chi connectivity index (χ3v) is 6.99. The molecule has 2 aromatic rings. The average Bonchev–Trinajstić information content (AvgIpc) is 3.40. The molecule has 2 aliphatic carbocycles. The van der Waals surface area contributed by atoms with Gasteiger partial charge < -0.3 is 20.5 Å². The zero-order chi connectivity index (χ0) is 24.3. The molecule has 0 bridgehead atoms. The van der Waals surface area contributed by atoms with Gasteiger partial charge in [-0.05, 0) is 55.4 Å². The molecule has 0 radical (unpaired) electrons. The second-order valence-electron chi connectivity index (χ2n) is 9.97. The van der Waals surface area contributed by atoms with Crippen LogP contribution in [-0.4, -0.2) is 40.8 Å². The predicted molar refractivity (Wildman–Crippen MR) is 128 cm³/mol. The van der Waals surface area contributed by atoms with Crippen LogP contribution in [0.25, 0.3) is 11.1 Å². The van der Waals surface area contributed by atoms with E-state index < -0.39 is 23.1 Å². The van der Waals surface area contributed by atoms with Gasteiger partial charge in [0, 0.05) is 17.9 Å². The number of rotatable bonds is 8. The molecular formula is C27H32N2O5. The van der Waals surface area contributed by atoms with Crippen molar-refractivity contribution in [3.63, 3.8) is 0 Å². The first-order valence-electron chi connectivity index (χ1n) is 11.9. The summed E-state index contributed by atoms with van der Waals surface area (Å²) in [6.45, 7) is 3.77. The van der Waals surface area contributed by atoms with E-state index in [9.17, 15) is 14.4 Å². The Morgan fingerprint density at radius 3 is 2.12 bits per heavy atom. The molecule has 7 nitrogen and oxygen atoms in total. The highest BCUT2D eigenvalue weighted by molar-refractivity contribution is 5.91. The average molecular weight is 465 g/mol. The zero-order valence-electron chi connectivity index (χ0n) is 19.7. The minimum absolute atomic E-state index is 0.0416. The number of carbonyl (C=O) groups excluding carboxylic acids is 2. The summed E-state index contributed by atoms with van der Waals surface area (Å²) in [6, 6.07) is 16.3. The van der Waals surface area contributed by atoms with Crippen LogP contribution in [0.4, 0.5) is 4.79 Å². The first-order chi connectivity index (χ1) is 16.2. The topological polar surface area (TPSA) is 105 Å². The maximum Gasteiger partial charge on any atom is 0.408 e. The molecule has 7 heteroatoms. The molecule has 0 atom stereocenters. The summed E-state index contributed by atoms with van der Waals surface area (Å²) in [5.74, 6) is -1.25. The molecule has 1 saturated carbocycles. The lowest BCUT2D eigenvalue weighted by atomic mass is 9.92. The van der Waals surface area contributed by atoms with Gasteiger partial charge in [0.25, 0.3) is 0 Å². The van der Waals surface area contributed by atoms with E-state index in [0.29, 0.717) is 19.3 Å². The summed E-state index contributed by atoms with van der Waals surface area (Å²) in [5.41, 5.74) is 2.83. The smallest absolute Gasteiger partial charge is 0.408 e. The third-order valence-electron chi connectivity index (χ3n) is 6.99. The van der Waals surface area contributed by atoms with E-state index in [1.165, 1.54) is 0 Å². The molecule has 0 aromatic heterocycles. The number of benzene rings is 2. The fraction of sp³-hybridized carbons (Fsp3) is 0.444. The first-order valence-corrected chi connectivity index (χ1v) is 11.9. The normalized spacial score (nSPS) is 16.4. The lowest BCUT2D eigenvalue weighted by Gasteiger charge is -2.34. The summed E-state index contributed by atoms with van der Waals surface area (Å²) >= 11 is 0. The quantitative estimate of drug-likeness (QED) is 0.530. The van der Waals surface area contributed by atoms with Crippen LogP contribution in [0.1, 0.15) is 69.4 Å². The number of amides is 2. The Kier molecular flexibility index (Phi) is 6.64. The number of fused-ring (bicyclic) bond motifs is 3. The van der Waals surface area contributed by atoms with Crippen molar-refractivity contribution in [3.05, 3.63) is 59.7 Å². The summed E-state index contributed by atoms with van der Waals surface area (Å²) in [5, 5.41) is 14.8. The summed E-state index contributed by atoms with van der Waals surface area (Å²) < 4.78 is 5.68. The maximum atomic E-state index is 13.2. The Bertz CT molecular complexity index is 1040. The number of carboxylic acid groups (broad SMARTS) is 1. The number of hydrogen-bond acceptors (Lipinski definition) is 4. The van der Waals surface area contributed by atoms with Crippen molar-refractivity contribution in [3.8, 4) is 11.1 Å². The lowest BCUT2D eigenvalue weighted by molar-refractivity contribution is -0.138. The van der Waals surface area contributed by atoms with Gasteiger partial charge in [-0.3, -0.25) is 9.59 Å². The minimum atomic E-state index is -1.04. The SMILES string of the molecule is CC(C)(CCC(=O)O)NC(=O)C1(NC(=O)OCC2c3ccccc3-c3ccccc32)CCCC1. The molecule has 2 aromatic carbocycles. The molecule has 0 spiro atoms. The van der Waals surface area contributed by atoms with Crippen molar-refractivity contribution in [1.82, 2.24) is 10.6 Å². The third kappa shape index (κ3) is 4.93. The Labute approximate surface area is 199 Å². The number of carbonyl (C=O) groups is 3. The molecule has 0 saturated heterocycles. The van der Waals surface area contributed by atoms with Crippen LogP contribution < -0.4 is 10.6 Å². The highest BCUT2D eigenvalue weighted by Gasteiger charge is 2.44. The summed E-state index contributed by atoms with van der Waals surface area (Å²) in [7, 11) is 0. The van der Waals surface area contributed by atoms with Crippen molar-refractivity contribution in [2.45, 2.75) is 69.4 Å². The van der Waals surface area contributed by atoms with E-state index in [-0.39, 0.29) is 24.9 Å². The number of hydrogen-bond donors (Lipinski definition) is 3. The van der Waals surface area contributed by atoms with Gasteiger partial charge in [-0.1, -0.05) is 61.4 Å². The zero-order valence-corrected chi connectivity index (χ0v) is 19.7. The Morgan fingerprint density at radius 1 is 1.00 bits per heavy atom. The Hall–Kier alpha value is -3.35. The second kappa shape index (κ2) is 9.49. The summed E-state index contributed by atoms with van der Waals surface area (Å²) in [6.07, 6.45) is 2.35. The number of aliphatic carboxylic acids is 1. The highest BCUT2D eigenvalue weighted by Crippen LogP contribution is 2.44. The Morgan fingerprint density at radius 2 is 1.56 bits per heavy atom. The van der Waals surface area contributed by atoms with E-state index in [1.807, 2.05) is 24.3 Å². The van der Waals surface area contributed by atoms with Crippen molar-refractivity contribution in [2.24, 2.45) is 0 Å². The molecule has 0 heterocycles. The van der Waals surface area contributed by atoms with Crippen LogP contribution in [0.5, 0.6) is 0 Å². The lowest BCUT2D eigenvalue weighted by Crippen LogP contribution is -2.61. The van der Waals surface area contributed by atoms with Crippen molar-refractivity contribution in [2.75, 3.05) is 6.61 Å². The predicted octanol–water partition coefficient (Wildman–Crippen LogP) is 4.60. The maximum absolute atomic E-state index is 13.2.